The van der Waals surface area contributed by atoms with E-state index in [0.29, 0.717) is 25.5 Å². The number of ether oxygens (including phenoxy) is 1. The van der Waals surface area contributed by atoms with Crippen molar-refractivity contribution in [2.75, 3.05) is 31.1 Å². The van der Waals surface area contributed by atoms with E-state index in [1.54, 1.807) is 32.9 Å². The molecule has 5 rings (SSSR count). The molecular weight excluding hydrogens is 617 g/mol. The van der Waals surface area contributed by atoms with Gasteiger partial charge in [0, 0.05) is 42.9 Å². The molecule has 49 heavy (non-hydrogen) atoms. The number of carbonyl (C=O) groups is 1. The Hall–Kier alpha value is -3.49. The monoisotopic (exact) mass is 675 g/mol. The summed E-state index contributed by atoms with van der Waals surface area (Å²) in [5.41, 5.74) is 6.44. The Morgan fingerprint density at radius 2 is 1.63 bits per heavy atom. The predicted molar refractivity (Wildman–Crippen MR) is 197 cm³/mol. The Bertz CT molecular complexity index is 1480. The molecule has 2 heterocycles. The van der Waals surface area contributed by atoms with Gasteiger partial charge in [0.15, 0.2) is 0 Å². The van der Waals surface area contributed by atoms with E-state index >= 15 is 0 Å². The number of hydrogen-bond acceptors (Lipinski definition) is 6. The zero-order valence-electron chi connectivity index (χ0n) is 30.6. The summed E-state index contributed by atoms with van der Waals surface area (Å²) in [4.78, 5) is 19.6. The second-order valence-electron chi connectivity index (χ2n) is 15.6. The summed E-state index contributed by atoms with van der Waals surface area (Å²) in [6.07, 6.45) is 9.26. The highest BCUT2D eigenvalue weighted by molar-refractivity contribution is 5.86. The highest BCUT2D eigenvalue weighted by Gasteiger charge is 2.31. The van der Waals surface area contributed by atoms with Crippen LogP contribution < -0.4 is 15.0 Å². The summed E-state index contributed by atoms with van der Waals surface area (Å²) in [6, 6.07) is 14.6. The number of anilines is 1. The highest BCUT2D eigenvalue weighted by atomic mass is 19.1. The van der Waals surface area contributed by atoms with E-state index < -0.39 is 11.6 Å². The molecule has 0 bridgehead atoms. The van der Waals surface area contributed by atoms with Crippen LogP contribution in [0.1, 0.15) is 102 Å². The minimum atomic E-state index is -0.840. The van der Waals surface area contributed by atoms with E-state index in [4.69, 9.17) is 14.8 Å². The topological polar surface area (TPSA) is 94.9 Å². The highest BCUT2D eigenvalue weighted by Crippen LogP contribution is 2.42. The number of halogens is 1. The van der Waals surface area contributed by atoms with E-state index in [9.17, 15) is 14.3 Å². The first-order valence-corrected chi connectivity index (χ1v) is 18.1. The second-order valence-corrected chi connectivity index (χ2v) is 15.6. The number of pyridine rings is 1. The number of piperidine rings is 1. The first-order chi connectivity index (χ1) is 23.2. The van der Waals surface area contributed by atoms with Gasteiger partial charge in [0.05, 0.1) is 30.0 Å². The lowest BCUT2D eigenvalue weighted by molar-refractivity contribution is -0.136. The van der Waals surface area contributed by atoms with Crippen LogP contribution in [0.25, 0.3) is 11.1 Å². The van der Waals surface area contributed by atoms with Crippen molar-refractivity contribution in [3.63, 3.8) is 0 Å². The van der Waals surface area contributed by atoms with E-state index in [1.807, 2.05) is 19.1 Å². The molecule has 0 amide bonds. The fraction of sp³-hybridized carbons (Fsp3) is 0.561. The number of aryl methyl sites for hydroxylation is 1. The number of nitrogens with one attached hydrogen (secondary N) is 1. The number of rotatable bonds is 12. The van der Waals surface area contributed by atoms with Gasteiger partial charge >= 0.3 is 5.97 Å². The van der Waals surface area contributed by atoms with Crippen LogP contribution in [0.2, 0.25) is 0 Å². The summed E-state index contributed by atoms with van der Waals surface area (Å²) in [7, 11) is 0. The van der Waals surface area contributed by atoms with Gasteiger partial charge < -0.3 is 25.2 Å². The van der Waals surface area contributed by atoms with Crippen LogP contribution in [-0.4, -0.2) is 53.0 Å². The number of aliphatic hydroxyl groups is 1. The molecule has 2 aliphatic rings. The molecular formula is C41H58FN3O4. The van der Waals surface area contributed by atoms with Crippen LogP contribution in [-0.2, 0) is 24.2 Å². The Balaban J connectivity index is 0.00000101. The average Bonchev–Trinajstić information content (AvgIpc) is 3.03. The third kappa shape index (κ3) is 12.4. The maximum Gasteiger partial charge on any atom is 0.307 e. The largest absolute Gasteiger partial charge is 0.493 e. The minimum absolute atomic E-state index is 0.0541. The molecule has 1 aliphatic carbocycles. The number of aromatic nitrogens is 1. The van der Waals surface area contributed by atoms with E-state index in [1.165, 1.54) is 44.2 Å². The van der Waals surface area contributed by atoms with Crippen LogP contribution in [0.4, 0.5) is 10.1 Å². The fourth-order valence-corrected chi connectivity index (χ4v) is 6.71. The van der Waals surface area contributed by atoms with Crippen molar-refractivity contribution < 1.29 is 24.1 Å². The van der Waals surface area contributed by atoms with Crippen LogP contribution in [0, 0.1) is 24.1 Å². The van der Waals surface area contributed by atoms with Crippen LogP contribution >= 0.6 is 0 Å². The van der Waals surface area contributed by atoms with Crippen molar-refractivity contribution in [1.82, 2.24) is 10.3 Å². The third-order valence-corrected chi connectivity index (χ3v) is 9.48. The minimum Gasteiger partial charge on any atom is -0.493 e. The van der Waals surface area contributed by atoms with Crippen LogP contribution in [0.15, 0.2) is 48.5 Å². The summed E-state index contributed by atoms with van der Waals surface area (Å²) in [5.74, 6) is 0.390. The standard InChI is InChI=1S/C37H48FN3O3.C4H10O/c1-26-32(23-34(42)43)36(41-20-18-37(2,3)19-21-41)35(33(40-26)25-39-24-28-7-5-4-6-8-28)29-11-15-31(16-12-29)44-22-17-27-9-13-30(38)14-10-27;1-4(2,3)5/h9-16,28,39H,4-8,17-25H2,1-3H3,(H,42,43);5H,1-3H3. The molecule has 7 nitrogen and oxygen atoms in total. The number of nitrogens with zero attached hydrogens (tertiary/aromatic N) is 2. The smallest absolute Gasteiger partial charge is 0.307 e. The maximum atomic E-state index is 13.3. The van der Waals surface area contributed by atoms with E-state index in [0.717, 1.165) is 77.6 Å². The molecule has 1 saturated carbocycles. The molecule has 3 N–H and O–H groups in total. The number of aliphatic carboxylic acids is 1. The molecule has 2 aromatic carbocycles. The Morgan fingerprint density at radius 1 is 1.02 bits per heavy atom. The van der Waals surface area contributed by atoms with Gasteiger partial charge in [-0.05, 0) is 107 Å². The van der Waals surface area contributed by atoms with Gasteiger partial charge in [0.2, 0.25) is 0 Å². The molecule has 1 aromatic heterocycles. The quantitative estimate of drug-likeness (QED) is 0.177. The third-order valence-electron chi connectivity index (χ3n) is 9.48. The first-order valence-electron chi connectivity index (χ1n) is 18.1. The maximum absolute atomic E-state index is 13.3. The number of carboxylic acids is 1. The van der Waals surface area contributed by atoms with E-state index in [2.05, 4.69) is 36.2 Å². The molecule has 268 valence electrons. The lowest BCUT2D eigenvalue weighted by atomic mass is 9.82. The zero-order chi connectivity index (χ0) is 35.6. The van der Waals surface area contributed by atoms with Crippen molar-refractivity contribution in [2.45, 2.75) is 111 Å². The van der Waals surface area contributed by atoms with Crippen LogP contribution in [0.5, 0.6) is 5.75 Å². The summed E-state index contributed by atoms with van der Waals surface area (Å²) < 4.78 is 19.3. The van der Waals surface area contributed by atoms with Crippen molar-refractivity contribution in [2.24, 2.45) is 11.3 Å². The predicted octanol–water partition coefficient (Wildman–Crippen LogP) is 8.52. The lowest BCUT2D eigenvalue weighted by Crippen LogP contribution is -2.38. The number of hydrogen-bond donors (Lipinski definition) is 3. The Morgan fingerprint density at radius 3 is 2.22 bits per heavy atom. The normalized spacial score (nSPS) is 16.5. The van der Waals surface area contributed by atoms with Crippen molar-refractivity contribution in [3.8, 4) is 16.9 Å². The Kier molecular flexibility index (Phi) is 13.6. The van der Waals surface area contributed by atoms with Crippen molar-refractivity contribution in [3.05, 3.63) is 76.9 Å². The fourth-order valence-electron chi connectivity index (χ4n) is 6.71. The van der Waals surface area contributed by atoms with Crippen LogP contribution in [0.3, 0.4) is 0 Å². The molecule has 3 aromatic rings. The molecule has 1 saturated heterocycles. The lowest BCUT2D eigenvalue weighted by Gasteiger charge is -2.40. The van der Waals surface area contributed by atoms with Gasteiger partial charge in [-0.2, -0.15) is 0 Å². The molecule has 1 aliphatic heterocycles. The molecule has 0 radical (unpaired) electrons. The van der Waals surface area contributed by atoms with Gasteiger partial charge in [0.25, 0.3) is 0 Å². The molecule has 0 unspecified atom stereocenters. The Labute approximate surface area is 293 Å². The number of carboxylic acid groups (broad SMARTS) is 1. The summed E-state index contributed by atoms with van der Waals surface area (Å²) >= 11 is 0. The van der Waals surface area contributed by atoms with Gasteiger partial charge in [-0.1, -0.05) is 57.4 Å². The first kappa shape index (κ1) is 38.3. The molecule has 8 heteroatoms. The van der Waals surface area contributed by atoms with E-state index in [-0.39, 0.29) is 17.7 Å². The molecule has 0 spiro atoms. The number of benzene rings is 2. The van der Waals surface area contributed by atoms with Crippen molar-refractivity contribution in [1.29, 1.82) is 0 Å². The summed E-state index contributed by atoms with van der Waals surface area (Å²) in [5, 5.41) is 22.2. The SMILES string of the molecule is CC(C)(C)O.Cc1nc(CNCC2CCCCC2)c(-c2ccc(OCCc3ccc(F)cc3)cc2)c(N2CCC(C)(C)CC2)c1CC(=O)O. The van der Waals surface area contributed by atoms with Crippen molar-refractivity contribution >= 4 is 11.7 Å². The van der Waals surface area contributed by atoms with Gasteiger partial charge in [-0.15, -0.1) is 0 Å². The molecule has 0 atom stereocenters. The average molecular weight is 676 g/mol. The van der Waals surface area contributed by atoms with Gasteiger partial charge in [-0.25, -0.2) is 4.39 Å². The summed E-state index contributed by atoms with van der Waals surface area (Å²) in [6.45, 7) is 15.7. The zero-order valence-corrected chi connectivity index (χ0v) is 30.6. The van der Waals surface area contributed by atoms with Gasteiger partial charge in [-0.3, -0.25) is 9.78 Å². The van der Waals surface area contributed by atoms with Gasteiger partial charge in [0.1, 0.15) is 11.6 Å². The molecule has 2 fully saturated rings. The second kappa shape index (κ2) is 17.4.